The molecule has 0 saturated heterocycles. The molecular formula is C8H15NO. The van der Waals surface area contributed by atoms with Gasteiger partial charge in [0.1, 0.15) is 0 Å². The van der Waals surface area contributed by atoms with E-state index in [0.29, 0.717) is 12.5 Å². The van der Waals surface area contributed by atoms with E-state index in [9.17, 15) is 5.11 Å². The Balaban J connectivity index is 2.14. The van der Waals surface area contributed by atoms with Crippen molar-refractivity contribution in [3.63, 3.8) is 0 Å². The third kappa shape index (κ3) is 0.722. The Kier molecular flexibility index (Phi) is 1.29. The third-order valence-corrected chi connectivity index (χ3v) is 3.30. The Morgan fingerprint density at radius 2 is 2.30 bits per heavy atom. The van der Waals surface area contributed by atoms with E-state index < -0.39 is 5.60 Å². The van der Waals surface area contributed by atoms with Crippen molar-refractivity contribution in [2.24, 2.45) is 17.6 Å². The highest BCUT2D eigenvalue weighted by Gasteiger charge is 2.48. The first-order valence-electron chi connectivity index (χ1n) is 4.17. The van der Waals surface area contributed by atoms with Gasteiger partial charge in [-0.2, -0.15) is 0 Å². The van der Waals surface area contributed by atoms with Gasteiger partial charge in [0.05, 0.1) is 5.60 Å². The van der Waals surface area contributed by atoms with E-state index >= 15 is 0 Å². The summed E-state index contributed by atoms with van der Waals surface area (Å²) in [5.74, 6) is 1.32. The lowest BCUT2D eigenvalue weighted by molar-refractivity contribution is -0.00419. The maximum Gasteiger partial charge on any atom is 0.0800 e. The van der Waals surface area contributed by atoms with Crippen LogP contribution in [0.5, 0.6) is 0 Å². The van der Waals surface area contributed by atoms with Gasteiger partial charge in [0.15, 0.2) is 0 Å². The van der Waals surface area contributed by atoms with Crippen LogP contribution in [0.25, 0.3) is 0 Å². The van der Waals surface area contributed by atoms with Crippen molar-refractivity contribution in [1.82, 2.24) is 0 Å². The lowest BCUT2D eigenvalue weighted by atomic mass is 9.84. The second-order valence-electron chi connectivity index (χ2n) is 3.89. The monoisotopic (exact) mass is 141 g/mol. The first-order valence-corrected chi connectivity index (χ1v) is 4.17. The highest BCUT2D eigenvalue weighted by atomic mass is 16.3. The van der Waals surface area contributed by atoms with Crippen LogP contribution in [0.1, 0.15) is 25.7 Å². The Morgan fingerprint density at radius 1 is 1.50 bits per heavy atom. The lowest BCUT2D eigenvalue weighted by Gasteiger charge is -2.30. The molecule has 2 bridgehead atoms. The molecule has 58 valence electrons. The predicted molar refractivity (Wildman–Crippen MR) is 39.5 cm³/mol. The van der Waals surface area contributed by atoms with Crippen molar-refractivity contribution in [3.8, 4) is 0 Å². The van der Waals surface area contributed by atoms with E-state index in [2.05, 4.69) is 0 Å². The first-order chi connectivity index (χ1) is 4.74. The van der Waals surface area contributed by atoms with E-state index in [1.165, 1.54) is 19.3 Å². The van der Waals surface area contributed by atoms with Crippen molar-refractivity contribution in [2.75, 3.05) is 6.54 Å². The molecule has 2 saturated carbocycles. The van der Waals surface area contributed by atoms with Crippen LogP contribution >= 0.6 is 0 Å². The van der Waals surface area contributed by atoms with Gasteiger partial charge in [-0.25, -0.2) is 0 Å². The fourth-order valence-corrected chi connectivity index (χ4v) is 2.66. The summed E-state index contributed by atoms with van der Waals surface area (Å²) in [6, 6.07) is 0. The molecule has 2 nitrogen and oxygen atoms in total. The Morgan fingerprint density at radius 3 is 2.60 bits per heavy atom. The van der Waals surface area contributed by atoms with Crippen molar-refractivity contribution in [2.45, 2.75) is 31.3 Å². The molecule has 0 amide bonds. The number of hydrogen-bond acceptors (Lipinski definition) is 2. The average Bonchev–Trinajstić information content (AvgIpc) is 2.46. The molecular weight excluding hydrogens is 126 g/mol. The standard InChI is InChI=1S/C8H15NO/c9-5-8(10)4-6-1-2-7(8)3-6/h6-7,10H,1-5,9H2/t6-,7+,8+/m1/s1. The summed E-state index contributed by atoms with van der Waals surface area (Å²) in [4.78, 5) is 0. The van der Waals surface area contributed by atoms with E-state index in [0.717, 1.165) is 12.3 Å². The molecule has 0 aliphatic heterocycles. The van der Waals surface area contributed by atoms with Crippen LogP contribution in [0.3, 0.4) is 0 Å². The van der Waals surface area contributed by atoms with Gasteiger partial charge in [-0.05, 0) is 37.5 Å². The van der Waals surface area contributed by atoms with Crippen LogP contribution < -0.4 is 5.73 Å². The zero-order valence-electron chi connectivity index (χ0n) is 6.21. The fraction of sp³-hybridized carbons (Fsp3) is 1.00. The Bertz CT molecular complexity index is 148. The summed E-state index contributed by atoms with van der Waals surface area (Å²) in [6.45, 7) is 0.466. The molecule has 2 rings (SSSR count). The van der Waals surface area contributed by atoms with Crippen molar-refractivity contribution >= 4 is 0 Å². The maximum absolute atomic E-state index is 9.87. The van der Waals surface area contributed by atoms with Crippen LogP contribution in [0.4, 0.5) is 0 Å². The quantitative estimate of drug-likeness (QED) is 0.558. The van der Waals surface area contributed by atoms with Crippen molar-refractivity contribution in [3.05, 3.63) is 0 Å². The smallest absolute Gasteiger partial charge is 0.0800 e. The molecule has 2 heteroatoms. The van der Waals surface area contributed by atoms with Gasteiger partial charge in [0.25, 0.3) is 0 Å². The van der Waals surface area contributed by atoms with Crippen LogP contribution in [-0.4, -0.2) is 17.3 Å². The van der Waals surface area contributed by atoms with Crippen LogP contribution in [-0.2, 0) is 0 Å². The van der Waals surface area contributed by atoms with Crippen molar-refractivity contribution in [1.29, 1.82) is 0 Å². The minimum atomic E-state index is -0.469. The highest BCUT2D eigenvalue weighted by Crippen LogP contribution is 2.50. The minimum absolute atomic E-state index is 0.466. The van der Waals surface area contributed by atoms with Crippen LogP contribution in [0.2, 0.25) is 0 Å². The van der Waals surface area contributed by atoms with Gasteiger partial charge in [-0.15, -0.1) is 0 Å². The van der Waals surface area contributed by atoms with Gasteiger partial charge in [0.2, 0.25) is 0 Å². The number of aliphatic hydroxyl groups is 1. The molecule has 0 aromatic heterocycles. The maximum atomic E-state index is 9.87. The zero-order chi connectivity index (χ0) is 7.19. The molecule has 3 atom stereocenters. The molecule has 0 aromatic rings. The number of rotatable bonds is 1. The second-order valence-corrected chi connectivity index (χ2v) is 3.89. The molecule has 10 heavy (non-hydrogen) atoms. The number of fused-ring (bicyclic) bond motifs is 2. The van der Waals surface area contributed by atoms with Gasteiger partial charge >= 0.3 is 0 Å². The summed E-state index contributed by atoms with van der Waals surface area (Å²) in [7, 11) is 0. The van der Waals surface area contributed by atoms with E-state index in [-0.39, 0.29) is 0 Å². The molecule has 0 unspecified atom stereocenters. The molecule has 3 N–H and O–H groups in total. The van der Waals surface area contributed by atoms with Gasteiger partial charge in [-0.3, -0.25) is 0 Å². The minimum Gasteiger partial charge on any atom is -0.388 e. The third-order valence-electron chi connectivity index (χ3n) is 3.30. The lowest BCUT2D eigenvalue weighted by Crippen LogP contribution is -2.42. The molecule has 2 aliphatic carbocycles. The summed E-state index contributed by atoms with van der Waals surface area (Å²) < 4.78 is 0. The largest absolute Gasteiger partial charge is 0.388 e. The van der Waals surface area contributed by atoms with E-state index in [1.54, 1.807) is 0 Å². The second kappa shape index (κ2) is 1.95. The number of hydrogen-bond donors (Lipinski definition) is 2. The Hall–Kier alpha value is -0.0800. The van der Waals surface area contributed by atoms with E-state index in [1.807, 2.05) is 0 Å². The van der Waals surface area contributed by atoms with Crippen LogP contribution in [0, 0.1) is 11.8 Å². The fourth-order valence-electron chi connectivity index (χ4n) is 2.66. The van der Waals surface area contributed by atoms with Gasteiger partial charge in [0, 0.05) is 6.54 Å². The molecule has 0 aromatic carbocycles. The summed E-state index contributed by atoms with van der Waals surface area (Å²) in [6.07, 6.45) is 4.73. The molecule has 0 spiro atoms. The van der Waals surface area contributed by atoms with E-state index in [4.69, 9.17) is 5.73 Å². The molecule has 2 aliphatic rings. The average molecular weight is 141 g/mol. The predicted octanol–water partition coefficient (Wildman–Crippen LogP) is 0.496. The SMILES string of the molecule is NC[C@@]1(O)C[C@@H]2CC[C@H]1C2. The van der Waals surface area contributed by atoms with Crippen LogP contribution in [0.15, 0.2) is 0 Å². The summed E-state index contributed by atoms with van der Waals surface area (Å²) >= 11 is 0. The summed E-state index contributed by atoms with van der Waals surface area (Å²) in [5, 5.41) is 9.87. The Labute approximate surface area is 61.4 Å². The highest BCUT2D eigenvalue weighted by molar-refractivity contribution is 5.01. The molecule has 0 heterocycles. The topological polar surface area (TPSA) is 46.2 Å². The van der Waals surface area contributed by atoms with Crippen molar-refractivity contribution < 1.29 is 5.11 Å². The molecule has 2 fully saturated rings. The van der Waals surface area contributed by atoms with Gasteiger partial charge < -0.3 is 10.8 Å². The normalized spacial score (nSPS) is 52.2. The first kappa shape index (κ1) is 6.62. The van der Waals surface area contributed by atoms with Gasteiger partial charge in [-0.1, -0.05) is 0 Å². The number of nitrogens with two attached hydrogens (primary N) is 1. The zero-order valence-corrected chi connectivity index (χ0v) is 6.21. The summed E-state index contributed by atoms with van der Waals surface area (Å²) in [5.41, 5.74) is 5.04. The molecule has 0 radical (unpaired) electrons.